The number of carbonyl (C=O) groups excluding carboxylic acids is 2. The highest BCUT2D eigenvalue weighted by Crippen LogP contribution is 2.23. The Hall–Kier alpha value is -1.67. The SMILES string of the molecule is C=NCC(=O)CCSSCCCC(=O)c1ccc(NN=C)nc1. The number of nitrogens with zero attached hydrogens (tertiary/aromatic N) is 3. The van der Waals surface area contributed by atoms with Gasteiger partial charge in [-0.1, -0.05) is 21.6 Å². The maximum Gasteiger partial charge on any atom is 0.164 e. The number of carbonyl (C=O) groups is 2. The van der Waals surface area contributed by atoms with Crippen LogP contribution in [0.25, 0.3) is 0 Å². The van der Waals surface area contributed by atoms with Crippen LogP contribution in [0.4, 0.5) is 5.82 Å². The summed E-state index contributed by atoms with van der Waals surface area (Å²) in [6.07, 6.45) is 3.34. The maximum absolute atomic E-state index is 12.0. The molecule has 0 atom stereocenters. The normalized spacial score (nSPS) is 10.1. The zero-order chi connectivity index (χ0) is 16.9. The van der Waals surface area contributed by atoms with Gasteiger partial charge in [0.15, 0.2) is 11.6 Å². The summed E-state index contributed by atoms with van der Waals surface area (Å²) in [5, 5.41) is 3.50. The Morgan fingerprint density at radius 1 is 1.17 bits per heavy atom. The number of hydrazone groups is 1. The smallest absolute Gasteiger partial charge is 0.164 e. The van der Waals surface area contributed by atoms with E-state index in [0.717, 1.165) is 17.9 Å². The van der Waals surface area contributed by atoms with Gasteiger partial charge in [-0.25, -0.2) is 4.98 Å². The van der Waals surface area contributed by atoms with Gasteiger partial charge in [0.1, 0.15) is 5.82 Å². The molecule has 0 saturated heterocycles. The van der Waals surface area contributed by atoms with E-state index in [1.807, 2.05) is 0 Å². The summed E-state index contributed by atoms with van der Waals surface area (Å²) in [7, 11) is 3.33. The monoisotopic (exact) mass is 352 g/mol. The predicted molar refractivity (Wildman–Crippen MR) is 99.9 cm³/mol. The second-order valence-electron chi connectivity index (χ2n) is 4.54. The van der Waals surface area contributed by atoms with Gasteiger partial charge in [0.25, 0.3) is 0 Å². The van der Waals surface area contributed by atoms with E-state index in [0.29, 0.717) is 24.2 Å². The molecular weight excluding hydrogens is 332 g/mol. The molecule has 1 aromatic heterocycles. The molecule has 1 rings (SSSR count). The second-order valence-corrected chi connectivity index (χ2v) is 7.25. The highest BCUT2D eigenvalue weighted by Gasteiger charge is 2.06. The molecule has 0 fully saturated rings. The molecule has 6 nitrogen and oxygen atoms in total. The minimum absolute atomic E-state index is 0.0773. The predicted octanol–water partition coefficient (Wildman–Crippen LogP) is 3.11. The molecule has 124 valence electrons. The summed E-state index contributed by atoms with van der Waals surface area (Å²) >= 11 is 0. The van der Waals surface area contributed by atoms with E-state index in [2.05, 4.69) is 33.9 Å². The molecule has 0 aliphatic carbocycles. The van der Waals surface area contributed by atoms with Crippen molar-refractivity contribution in [2.75, 3.05) is 23.5 Å². The molecule has 8 heteroatoms. The van der Waals surface area contributed by atoms with Gasteiger partial charge in [0.2, 0.25) is 0 Å². The van der Waals surface area contributed by atoms with E-state index >= 15 is 0 Å². The van der Waals surface area contributed by atoms with Crippen LogP contribution in [0.3, 0.4) is 0 Å². The lowest BCUT2D eigenvalue weighted by Crippen LogP contribution is -2.02. The van der Waals surface area contributed by atoms with Gasteiger partial charge >= 0.3 is 0 Å². The van der Waals surface area contributed by atoms with Crippen LogP contribution in [0.2, 0.25) is 0 Å². The van der Waals surface area contributed by atoms with Crippen molar-refractivity contribution in [3.63, 3.8) is 0 Å². The van der Waals surface area contributed by atoms with Gasteiger partial charge in [0, 0.05) is 42.8 Å². The van der Waals surface area contributed by atoms with E-state index in [1.54, 1.807) is 33.7 Å². The lowest BCUT2D eigenvalue weighted by atomic mass is 10.1. The number of hydrogen-bond acceptors (Lipinski definition) is 8. The zero-order valence-corrected chi connectivity index (χ0v) is 14.5. The summed E-state index contributed by atoms with van der Waals surface area (Å²) in [6, 6.07) is 3.42. The number of nitrogens with one attached hydrogen (secondary N) is 1. The summed E-state index contributed by atoms with van der Waals surface area (Å²) in [5.74, 6) is 2.39. The van der Waals surface area contributed by atoms with Crippen molar-refractivity contribution in [2.45, 2.75) is 19.3 Å². The number of pyridine rings is 1. The Kier molecular flexibility index (Phi) is 9.97. The van der Waals surface area contributed by atoms with Gasteiger partial charge in [-0.15, -0.1) is 0 Å². The molecule has 0 aliphatic heterocycles. The number of hydrogen-bond donors (Lipinski definition) is 1. The summed E-state index contributed by atoms with van der Waals surface area (Å²) in [5.41, 5.74) is 3.21. The number of anilines is 1. The fraction of sp³-hybridized carbons (Fsp3) is 0.400. The van der Waals surface area contributed by atoms with E-state index in [-0.39, 0.29) is 18.1 Å². The highest BCUT2D eigenvalue weighted by molar-refractivity contribution is 8.76. The summed E-state index contributed by atoms with van der Waals surface area (Å²) in [6.45, 7) is 6.80. The lowest BCUT2D eigenvalue weighted by molar-refractivity contribution is -0.117. The van der Waals surface area contributed by atoms with Crippen LogP contribution in [0, 0.1) is 0 Å². The number of aliphatic imine (C=N–C) groups is 1. The topological polar surface area (TPSA) is 83.8 Å². The molecule has 1 N–H and O–H groups in total. The quantitative estimate of drug-likeness (QED) is 0.193. The number of aromatic nitrogens is 1. The zero-order valence-electron chi connectivity index (χ0n) is 12.9. The van der Waals surface area contributed by atoms with Crippen LogP contribution in [0.15, 0.2) is 28.4 Å². The fourth-order valence-electron chi connectivity index (χ4n) is 1.62. The minimum atomic E-state index is 0.0773. The fourth-order valence-corrected chi connectivity index (χ4v) is 3.74. The lowest BCUT2D eigenvalue weighted by Gasteiger charge is -2.03. The van der Waals surface area contributed by atoms with Gasteiger partial charge in [-0.2, -0.15) is 5.10 Å². The average Bonchev–Trinajstić information content (AvgIpc) is 2.55. The Morgan fingerprint density at radius 3 is 2.61 bits per heavy atom. The summed E-state index contributed by atoms with van der Waals surface area (Å²) in [4.78, 5) is 30.8. The van der Waals surface area contributed by atoms with Gasteiger partial charge in [-0.05, 0) is 25.3 Å². The maximum atomic E-state index is 12.0. The van der Waals surface area contributed by atoms with E-state index in [9.17, 15) is 9.59 Å². The van der Waals surface area contributed by atoms with Crippen molar-refractivity contribution in [2.24, 2.45) is 10.1 Å². The van der Waals surface area contributed by atoms with Crippen LogP contribution in [0.1, 0.15) is 29.6 Å². The highest BCUT2D eigenvalue weighted by atomic mass is 33.1. The third-order valence-electron chi connectivity index (χ3n) is 2.75. The third-order valence-corrected chi connectivity index (χ3v) is 5.24. The van der Waals surface area contributed by atoms with Crippen molar-refractivity contribution in [3.05, 3.63) is 23.9 Å². The molecule has 0 amide bonds. The van der Waals surface area contributed by atoms with Crippen LogP contribution in [-0.4, -0.2) is 48.0 Å². The van der Waals surface area contributed by atoms with Gasteiger partial charge in [0.05, 0.1) is 6.54 Å². The van der Waals surface area contributed by atoms with Crippen molar-refractivity contribution < 1.29 is 9.59 Å². The Balaban J connectivity index is 2.13. The minimum Gasteiger partial charge on any atom is -0.298 e. The van der Waals surface area contributed by atoms with E-state index in [4.69, 9.17) is 0 Å². The van der Waals surface area contributed by atoms with Crippen LogP contribution in [0.5, 0.6) is 0 Å². The molecule has 0 saturated carbocycles. The van der Waals surface area contributed by atoms with Crippen molar-refractivity contribution in [1.82, 2.24) is 4.98 Å². The molecule has 0 spiro atoms. The molecule has 0 aliphatic rings. The molecule has 0 aromatic carbocycles. The molecule has 0 bridgehead atoms. The van der Waals surface area contributed by atoms with Crippen LogP contribution >= 0.6 is 21.6 Å². The first-order valence-electron chi connectivity index (χ1n) is 7.07. The first kappa shape index (κ1) is 19.4. The Bertz CT molecular complexity index is 535. The molecule has 1 heterocycles. The molecule has 23 heavy (non-hydrogen) atoms. The Labute approximate surface area is 144 Å². The Morgan fingerprint density at radius 2 is 1.96 bits per heavy atom. The second kappa shape index (κ2) is 11.8. The molecule has 0 unspecified atom stereocenters. The van der Waals surface area contributed by atoms with Crippen LogP contribution < -0.4 is 5.43 Å². The standard InChI is InChI=1S/C15H20N4O2S2/c1-16-11-13(20)7-9-23-22-8-3-4-14(21)12-5-6-15(18-10-12)19-17-2/h5-6,10H,1-4,7-9,11H2,(H,18,19). The van der Waals surface area contributed by atoms with E-state index in [1.165, 1.54) is 6.20 Å². The largest absolute Gasteiger partial charge is 0.298 e. The average molecular weight is 352 g/mol. The number of Topliss-reactive ketones (excluding diaryl/α,β-unsaturated/α-hetero) is 2. The first-order chi connectivity index (χ1) is 11.2. The van der Waals surface area contributed by atoms with Crippen molar-refractivity contribution in [3.8, 4) is 0 Å². The van der Waals surface area contributed by atoms with Crippen molar-refractivity contribution >= 4 is 52.4 Å². The molecule has 0 radical (unpaired) electrons. The van der Waals surface area contributed by atoms with Gasteiger partial charge in [-0.3, -0.25) is 20.0 Å². The van der Waals surface area contributed by atoms with E-state index < -0.39 is 0 Å². The van der Waals surface area contributed by atoms with Crippen LogP contribution in [-0.2, 0) is 4.79 Å². The number of ketones is 2. The first-order valence-corrected chi connectivity index (χ1v) is 9.55. The summed E-state index contributed by atoms with van der Waals surface area (Å²) < 4.78 is 0. The van der Waals surface area contributed by atoms with Gasteiger partial charge < -0.3 is 0 Å². The van der Waals surface area contributed by atoms with Crippen molar-refractivity contribution in [1.29, 1.82) is 0 Å². The molecular formula is C15H20N4O2S2. The number of rotatable bonds is 13. The molecule has 1 aromatic rings. The third kappa shape index (κ3) is 8.51.